The number of thioether (sulfide) groups is 1. The first-order valence-electron chi connectivity index (χ1n) is 9.32. The molecule has 0 bridgehead atoms. The molecule has 31 heavy (non-hydrogen) atoms. The Bertz CT molecular complexity index is 650. The molecular weight excluding hydrogens is 560 g/mol. The molecule has 0 amide bonds. The van der Waals surface area contributed by atoms with Gasteiger partial charge in [-0.1, -0.05) is 88.4 Å². The predicted octanol–water partition coefficient (Wildman–Crippen LogP) is 3.68. The fourth-order valence-electron chi connectivity index (χ4n) is 1.56. The molecule has 0 aliphatic carbocycles. The van der Waals surface area contributed by atoms with Crippen molar-refractivity contribution in [2.24, 2.45) is 0 Å². The number of aliphatic hydroxyl groups is 1. The first-order valence-corrected chi connectivity index (χ1v) is 12.7. The van der Waals surface area contributed by atoms with Crippen LogP contribution in [0.1, 0.15) is 31.9 Å². The van der Waals surface area contributed by atoms with Crippen LogP contribution in [0.15, 0.2) is 60.7 Å². The Morgan fingerprint density at radius 1 is 0.903 bits per heavy atom. The summed E-state index contributed by atoms with van der Waals surface area (Å²) in [6, 6.07) is 20.5. The minimum Gasteiger partial charge on any atom is -0.514 e. The average Bonchev–Trinajstić information content (AvgIpc) is 2.75. The molecule has 0 aliphatic heterocycles. The SMILES string of the molecule is BrCc1ccccc1.CCO.CCOC(=S)SCc1ccccc1.CCOC(=S)[S-].[K+]. The molecule has 0 saturated carbocycles. The maximum absolute atomic E-state index is 7.57. The van der Waals surface area contributed by atoms with E-state index < -0.39 is 0 Å². The average molecular weight is 590 g/mol. The minimum atomic E-state index is 0. The monoisotopic (exact) mass is 588 g/mol. The van der Waals surface area contributed by atoms with Gasteiger partial charge in [-0.05, 0) is 44.1 Å². The van der Waals surface area contributed by atoms with Crippen LogP contribution >= 0.6 is 52.1 Å². The molecule has 1 N–H and O–H groups in total. The van der Waals surface area contributed by atoms with E-state index in [0.717, 1.165) is 11.1 Å². The van der Waals surface area contributed by atoms with Crippen LogP contribution in [0.3, 0.4) is 0 Å². The van der Waals surface area contributed by atoms with E-state index in [1.807, 2.05) is 50.2 Å². The van der Waals surface area contributed by atoms with Crippen LogP contribution in [0.4, 0.5) is 0 Å². The zero-order chi connectivity index (χ0) is 23.0. The quantitative estimate of drug-likeness (QED) is 0.247. The van der Waals surface area contributed by atoms with Gasteiger partial charge in [-0.2, -0.15) is 0 Å². The molecule has 2 rings (SSSR count). The van der Waals surface area contributed by atoms with Crippen LogP contribution in [0.5, 0.6) is 0 Å². The third-order valence-corrected chi connectivity index (χ3v) is 4.91. The number of halogens is 1. The first kappa shape index (κ1) is 36.4. The molecule has 0 fully saturated rings. The topological polar surface area (TPSA) is 38.7 Å². The molecule has 0 unspecified atom stereocenters. The fraction of sp³-hybridized carbons (Fsp3) is 0.364. The minimum absolute atomic E-state index is 0. The number of rotatable bonds is 5. The number of hydrogen-bond acceptors (Lipinski definition) is 7. The molecule has 168 valence electrons. The summed E-state index contributed by atoms with van der Waals surface area (Å²) in [5, 5.41) is 8.52. The van der Waals surface area contributed by atoms with Crippen molar-refractivity contribution < 1.29 is 66.0 Å². The molecule has 0 heterocycles. The summed E-state index contributed by atoms with van der Waals surface area (Å²) in [6.45, 7) is 6.96. The molecular formula is C22H30BrKO3S4. The Morgan fingerprint density at radius 3 is 1.61 bits per heavy atom. The van der Waals surface area contributed by atoms with Crippen LogP contribution in [0, 0.1) is 0 Å². The fourth-order valence-corrected chi connectivity index (χ4v) is 3.14. The number of thiocarbonyl (C=S) groups is 2. The van der Waals surface area contributed by atoms with Gasteiger partial charge in [-0.15, -0.1) is 0 Å². The summed E-state index contributed by atoms with van der Waals surface area (Å²) in [4.78, 5) is 0. The Labute approximate surface area is 259 Å². The van der Waals surface area contributed by atoms with Crippen molar-refractivity contribution in [3.8, 4) is 0 Å². The molecule has 0 radical (unpaired) electrons. The van der Waals surface area contributed by atoms with Crippen LogP contribution in [0.25, 0.3) is 0 Å². The molecule has 0 saturated heterocycles. The zero-order valence-corrected chi connectivity index (χ0v) is 26.6. The van der Waals surface area contributed by atoms with Gasteiger partial charge in [0.15, 0.2) is 0 Å². The number of aliphatic hydroxyl groups excluding tert-OH is 1. The van der Waals surface area contributed by atoms with E-state index in [-0.39, 0.29) is 62.4 Å². The van der Waals surface area contributed by atoms with Crippen molar-refractivity contribution in [3.05, 3.63) is 71.8 Å². The van der Waals surface area contributed by atoms with Gasteiger partial charge in [0.25, 0.3) is 0 Å². The smallest absolute Gasteiger partial charge is 0.514 e. The van der Waals surface area contributed by atoms with Gasteiger partial charge in [0.2, 0.25) is 4.38 Å². The Hall–Kier alpha value is 0.866. The first-order chi connectivity index (χ1) is 14.4. The van der Waals surface area contributed by atoms with Crippen molar-refractivity contribution in [2.45, 2.75) is 31.9 Å². The Kier molecular flexibility index (Phi) is 34.0. The molecule has 0 aromatic heterocycles. The summed E-state index contributed by atoms with van der Waals surface area (Å²) in [5.41, 5.74) is 2.60. The summed E-state index contributed by atoms with van der Waals surface area (Å²) < 4.78 is 10.6. The molecule has 2 aromatic carbocycles. The van der Waals surface area contributed by atoms with Crippen molar-refractivity contribution in [1.82, 2.24) is 0 Å². The second-order valence-electron chi connectivity index (χ2n) is 5.08. The zero-order valence-electron chi connectivity index (χ0n) is 18.6. The molecule has 2 aromatic rings. The summed E-state index contributed by atoms with van der Waals surface area (Å²) in [6.07, 6.45) is 0. The van der Waals surface area contributed by atoms with Crippen molar-refractivity contribution >= 4 is 73.5 Å². The van der Waals surface area contributed by atoms with Crippen LogP contribution in [-0.2, 0) is 33.2 Å². The second-order valence-corrected chi connectivity index (χ2v) is 8.21. The second kappa shape index (κ2) is 28.9. The van der Waals surface area contributed by atoms with Gasteiger partial charge >= 0.3 is 51.4 Å². The Balaban J connectivity index is -0.000000376. The van der Waals surface area contributed by atoms with Crippen LogP contribution in [0.2, 0.25) is 0 Å². The van der Waals surface area contributed by atoms with E-state index in [1.165, 1.54) is 11.1 Å². The van der Waals surface area contributed by atoms with E-state index in [2.05, 4.69) is 69.8 Å². The van der Waals surface area contributed by atoms with Gasteiger partial charge in [0, 0.05) is 22.1 Å². The van der Waals surface area contributed by atoms with Gasteiger partial charge in [0.1, 0.15) is 0 Å². The van der Waals surface area contributed by atoms with E-state index in [1.54, 1.807) is 18.7 Å². The third-order valence-electron chi connectivity index (χ3n) is 2.72. The van der Waals surface area contributed by atoms with Crippen molar-refractivity contribution in [1.29, 1.82) is 0 Å². The van der Waals surface area contributed by atoms with Gasteiger partial charge in [-0.25, -0.2) is 0 Å². The van der Waals surface area contributed by atoms with E-state index in [4.69, 9.17) is 22.1 Å². The number of ether oxygens (including phenoxy) is 2. The molecule has 0 spiro atoms. The number of alkyl halides is 1. The maximum Gasteiger partial charge on any atom is 1.00 e. The van der Waals surface area contributed by atoms with E-state index in [0.29, 0.717) is 17.6 Å². The van der Waals surface area contributed by atoms with Crippen LogP contribution in [-0.4, -0.2) is 33.7 Å². The summed E-state index contributed by atoms with van der Waals surface area (Å²) in [5.74, 6) is 0.889. The summed E-state index contributed by atoms with van der Waals surface area (Å²) >= 11 is 18.7. The number of benzene rings is 2. The largest absolute Gasteiger partial charge is 1.00 e. The van der Waals surface area contributed by atoms with Crippen LogP contribution < -0.4 is 51.4 Å². The molecule has 0 atom stereocenters. The third kappa shape index (κ3) is 28.8. The van der Waals surface area contributed by atoms with Gasteiger partial charge in [-0.3, -0.25) is 0 Å². The molecule has 3 nitrogen and oxygen atoms in total. The standard InChI is InChI=1S/C10H12OS2.C7H7Br.C3H6OS2.C2H6O.K/c1-2-11-10(12)13-8-9-6-4-3-5-7-9;8-6-7-4-2-1-3-5-7;1-2-4-3(5)6;1-2-3;/h3-7H,2,8H2,1H3;1-5H,6H2;2H2,1H3,(H,5,6);3H,2H2,1H3;/q;;;;+1/p-1. The van der Waals surface area contributed by atoms with Gasteiger partial charge < -0.3 is 39.4 Å². The maximum atomic E-state index is 7.57. The summed E-state index contributed by atoms with van der Waals surface area (Å²) in [7, 11) is 0. The van der Waals surface area contributed by atoms with Crippen molar-refractivity contribution in [2.75, 3.05) is 19.8 Å². The van der Waals surface area contributed by atoms with Crippen molar-refractivity contribution in [3.63, 3.8) is 0 Å². The predicted molar refractivity (Wildman–Crippen MR) is 145 cm³/mol. The van der Waals surface area contributed by atoms with E-state index >= 15 is 0 Å². The Morgan fingerprint density at radius 2 is 1.32 bits per heavy atom. The molecule has 9 heteroatoms. The number of hydrogen-bond donors (Lipinski definition) is 1. The molecule has 0 aliphatic rings. The van der Waals surface area contributed by atoms with Gasteiger partial charge in [0.05, 0.1) is 13.2 Å². The normalized spacial score (nSPS) is 8.42. The van der Waals surface area contributed by atoms with E-state index in [9.17, 15) is 0 Å².